The molecule has 2 aromatic rings. The van der Waals surface area contributed by atoms with E-state index in [2.05, 4.69) is 6.07 Å². The van der Waals surface area contributed by atoms with E-state index in [1.165, 1.54) is 4.88 Å². The summed E-state index contributed by atoms with van der Waals surface area (Å²) in [7, 11) is 0. The van der Waals surface area contributed by atoms with Crippen molar-refractivity contribution in [1.29, 1.82) is 5.26 Å². The van der Waals surface area contributed by atoms with Crippen LogP contribution in [0.2, 0.25) is 5.02 Å². The number of thiophene rings is 1. The highest BCUT2D eigenvalue weighted by Gasteiger charge is 2.06. The molecular weight excluding hydrogens is 202 g/mol. The molecule has 0 saturated heterocycles. The minimum atomic E-state index is 0.698. The zero-order valence-electron chi connectivity index (χ0n) is 6.97. The summed E-state index contributed by atoms with van der Waals surface area (Å²) >= 11 is 7.63. The Hall–Kier alpha value is -1.04. The van der Waals surface area contributed by atoms with Gasteiger partial charge in [-0.15, -0.1) is 11.3 Å². The summed E-state index contributed by atoms with van der Waals surface area (Å²) in [5.41, 5.74) is 0.698. The van der Waals surface area contributed by atoms with Gasteiger partial charge in [0.1, 0.15) is 0 Å². The van der Waals surface area contributed by atoms with Crippen LogP contribution in [-0.4, -0.2) is 0 Å². The Balaban J connectivity index is 2.94. The van der Waals surface area contributed by atoms with E-state index in [9.17, 15) is 0 Å². The normalized spacial score (nSPS) is 10.2. The summed E-state index contributed by atoms with van der Waals surface area (Å²) in [6.07, 6.45) is 0. The van der Waals surface area contributed by atoms with Crippen LogP contribution in [0.1, 0.15) is 10.4 Å². The maximum atomic E-state index is 8.85. The predicted molar refractivity (Wildman–Crippen MR) is 56.3 cm³/mol. The molecule has 0 aliphatic rings. The molecule has 0 unspecified atom stereocenters. The Bertz CT molecular complexity index is 507. The molecule has 2 rings (SSSR count). The van der Waals surface area contributed by atoms with E-state index < -0.39 is 0 Å². The number of hydrogen-bond acceptors (Lipinski definition) is 2. The lowest BCUT2D eigenvalue weighted by molar-refractivity contribution is 1.51. The van der Waals surface area contributed by atoms with Crippen LogP contribution < -0.4 is 0 Å². The van der Waals surface area contributed by atoms with E-state index in [4.69, 9.17) is 16.9 Å². The molecule has 0 amide bonds. The molecule has 1 nitrogen and oxygen atoms in total. The van der Waals surface area contributed by atoms with Gasteiger partial charge in [0.2, 0.25) is 0 Å². The summed E-state index contributed by atoms with van der Waals surface area (Å²) in [4.78, 5) is 1.18. The highest BCUT2D eigenvalue weighted by molar-refractivity contribution is 7.19. The van der Waals surface area contributed by atoms with E-state index >= 15 is 0 Å². The molecular formula is C10H6ClNS. The second-order valence-corrected chi connectivity index (χ2v) is 4.47. The van der Waals surface area contributed by atoms with Gasteiger partial charge in [-0.3, -0.25) is 0 Å². The Morgan fingerprint density at radius 1 is 1.46 bits per heavy atom. The molecule has 0 aliphatic carbocycles. The number of aryl methyl sites for hydroxylation is 1. The molecule has 1 aromatic carbocycles. The Labute approximate surface area is 85.2 Å². The Morgan fingerprint density at radius 2 is 2.23 bits per heavy atom. The molecule has 0 N–H and O–H groups in total. The maximum Gasteiger partial charge on any atom is 0.0998 e. The third-order valence-electron chi connectivity index (χ3n) is 1.88. The van der Waals surface area contributed by atoms with E-state index in [0.717, 1.165) is 15.1 Å². The van der Waals surface area contributed by atoms with Gasteiger partial charge in [0.05, 0.1) is 21.4 Å². The summed E-state index contributed by atoms with van der Waals surface area (Å²) in [5.74, 6) is 0. The van der Waals surface area contributed by atoms with Crippen LogP contribution >= 0.6 is 22.9 Å². The van der Waals surface area contributed by atoms with Crippen LogP contribution in [0, 0.1) is 18.3 Å². The van der Waals surface area contributed by atoms with Crippen molar-refractivity contribution >= 4 is 33.0 Å². The zero-order valence-corrected chi connectivity index (χ0v) is 8.54. The molecule has 0 radical (unpaired) electrons. The first-order valence-electron chi connectivity index (χ1n) is 3.81. The second-order valence-electron chi connectivity index (χ2n) is 2.81. The number of nitriles is 1. The first-order valence-corrected chi connectivity index (χ1v) is 5.00. The molecule has 0 aliphatic heterocycles. The van der Waals surface area contributed by atoms with Crippen molar-refractivity contribution in [1.82, 2.24) is 0 Å². The number of fused-ring (bicyclic) bond motifs is 1. The quantitative estimate of drug-likeness (QED) is 0.646. The Morgan fingerprint density at radius 3 is 2.92 bits per heavy atom. The number of nitrogens with zero attached hydrogens (tertiary/aromatic N) is 1. The summed E-state index contributed by atoms with van der Waals surface area (Å²) < 4.78 is 1.01. The van der Waals surface area contributed by atoms with Crippen molar-refractivity contribution in [2.24, 2.45) is 0 Å². The van der Waals surface area contributed by atoms with Gasteiger partial charge in [0.25, 0.3) is 0 Å². The van der Waals surface area contributed by atoms with E-state index in [-0.39, 0.29) is 0 Å². The van der Waals surface area contributed by atoms with Crippen molar-refractivity contribution in [3.05, 3.63) is 33.7 Å². The number of hydrogen-bond donors (Lipinski definition) is 0. The molecule has 3 heteroatoms. The number of benzene rings is 1. The molecule has 0 bridgehead atoms. The fourth-order valence-electron chi connectivity index (χ4n) is 1.31. The third-order valence-corrected chi connectivity index (χ3v) is 3.39. The number of halogens is 1. The van der Waals surface area contributed by atoms with Crippen LogP contribution in [0.5, 0.6) is 0 Å². The summed E-state index contributed by atoms with van der Waals surface area (Å²) in [6.45, 7) is 2.02. The Kier molecular flexibility index (Phi) is 1.99. The maximum absolute atomic E-state index is 8.85. The zero-order chi connectivity index (χ0) is 9.42. The lowest BCUT2D eigenvalue weighted by Gasteiger charge is -1.94. The number of rotatable bonds is 0. The van der Waals surface area contributed by atoms with Gasteiger partial charge in [-0.05, 0) is 25.1 Å². The highest BCUT2D eigenvalue weighted by Crippen LogP contribution is 2.33. The fourth-order valence-corrected chi connectivity index (χ4v) is 2.53. The highest BCUT2D eigenvalue weighted by atomic mass is 35.5. The van der Waals surface area contributed by atoms with Gasteiger partial charge in [-0.1, -0.05) is 11.6 Å². The predicted octanol–water partition coefficient (Wildman–Crippen LogP) is 3.73. The topological polar surface area (TPSA) is 23.8 Å². The minimum absolute atomic E-state index is 0.698. The molecule has 0 saturated carbocycles. The van der Waals surface area contributed by atoms with Gasteiger partial charge in [-0.2, -0.15) is 5.26 Å². The van der Waals surface area contributed by atoms with Crippen LogP contribution in [0.4, 0.5) is 0 Å². The fraction of sp³-hybridized carbons (Fsp3) is 0.100. The van der Waals surface area contributed by atoms with Crippen LogP contribution in [0.25, 0.3) is 10.1 Å². The van der Waals surface area contributed by atoms with Crippen LogP contribution in [0.3, 0.4) is 0 Å². The molecule has 64 valence electrons. The van der Waals surface area contributed by atoms with Gasteiger partial charge >= 0.3 is 0 Å². The lowest BCUT2D eigenvalue weighted by Crippen LogP contribution is -1.74. The molecule has 13 heavy (non-hydrogen) atoms. The van der Waals surface area contributed by atoms with Crippen molar-refractivity contribution in [3.8, 4) is 6.07 Å². The van der Waals surface area contributed by atoms with Crippen molar-refractivity contribution in [2.45, 2.75) is 6.92 Å². The smallest absolute Gasteiger partial charge is 0.0998 e. The van der Waals surface area contributed by atoms with Gasteiger partial charge in [0.15, 0.2) is 0 Å². The molecule has 1 aromatic heterocycles. The van der Waals surface area contributed by atoms with Crippen LogP contribution in [0.15, 0.2) is 18.2 Å². The van der Waals surface area contributed by atoms with Gasteiger partial charge in [0, 0.05) is 10.3 Å². The third kappa shape index (κ3) is 1.31. The van der Waals surface area contributed by atoms with E-state index in [0.29, 0.717) is 5.56 Å². The van der Waals surface area contributed by atoms with E-state index in [1.807, 2.05) is 13.0 Å². The SMILES string of the molecule is Cc1cc2c(C#N)ccc(Cl)c2s1. The average Bonchev–Trinajstić information content (AvgIpc) is 2.48. The lowest BCUT2D eigenvalue weighted by atomic mass is 10.1. The molecule has 0 fully saturated rings. The van der Waals surface area contributed by atoms with Crippen molar-refractivity contribution in [2.75, 3.05) is 0 Å². The standard InChI is InChI=1S/C10H6ClNS/c1-6-4-8-7(5-12)2-3-9(11)10(8)13-6/h2-4H,1H3. The summed E-state index contributed by atoms with van der Waals surface area (Å²) in [5, 5.41) is 10.5. The van der Waals surface area contributed by atoms with Gasteiger partial charge < -0.3 is 0 Å². The van der Waals surface area contributed by atoms with Crippen LogP contribution in [-0.2, 0) is 0 Å². The van der Waals surface area contributed by atoms with Crippen molar-refractivity contribution < 1.29 is 0 Å². The molecule has 1 heterocycles. The monoisotopic (exact) mass is 207 g/mol. The minimum Gasteiger partial charge on any atom is -0.192 e. The largest absolute Gasteiger partial charge is 0.192 e. The van der Waals surface area contributed by atoms with Gasteiger partial charge in [-0.25, -0.2) is 0 Å². The first-order chi connectivity index (χ1) is 6.22. The second kappa shape index (κ2) is 3.02. The molecule has 0 atom stereocenters. The summed E-state index contributed by atoms with van der Waals surface area (Å²) in [6, 6.07) is 7.70. The van der Waals surface area contributed by atoms with Crippen molar-refractivity contribution in [3.63, 3.8) is 0 Å². The first kappa shape index (κ1) is 8.55. The van der Waals surface area contributed by atoms with E-state index in [1.54, 1.807) is 23.5 Å². The molecule has 0 spiro atoms. The average molecular weight is 208 g/mol.